The minimum Gasteiger partial charge on any atom is -0.457 e. The Morgan fingerprint density at radius 2 is 1.88 bits per heavy atom. The van der Waals surface area contributed by atoms with E-state index in [1.165, 1.54) is 19.3 Å². The summed E-state index contributed by atoms with van der Waals surface area (Å²) in [6.45, 7) is 6.38. The van der Waals surface area contributed by atoms with Crippen LogP contribution in [0.5, 0.6) is 0 Å². The molecule has 0 radical (unpaired) electrons. The number of anilines is 2. The van der Waals surface area contributed by atoms with Crippen LogP contribution in [0.1, 0.15) is 62.8 Å². The van der Waals surface area contributed by atoms with Crippen molar-refractivity contribution < 1.29 is 28.3 Å². The van der Waals surface area contributed by atoms with E-state index in [0.29, 0.717) is 54.6 Å². The molecule has 6 rings (SSSR count). The number of fused-ring (bicyclic) bond motifs is 1. The number of hydrogen-bond acceptors (Lipinski definition) is 14. The average molecular weight is 615 g/mol. The van der Waals surface area contributed by atoms with Crippen molar-refractivity contribution in [2.45, 2.75) is 76.0 Å². The van der Waals surface area contributed by atoms with E-state index in [1.54, 1.807) is 17.0 Å². The minimum atomic E-state index is -1.00. The van der Waals surface area contributed by atoms with Crippen LogP contribution in [0.3, 0.4) is 0 Å². The van der Waals surface area contributed by atoms with E-state index in [1.807, 2.05) is 18.7 Å². The first kappa shape index (κ1) is 29.6. The van der Waals surface area contributed by atoms with E-state index >= 15 is 0 Å². The number of thioether (sulfide) groups is 1. The van der Waals surface area contributed by atoms with Crippen LogP contribution in [0.4, 0.5) is 11.8 Å². The number of aromatic nitrogens is 5. The van der Waals surface area contributed by atoms with E-state index in [9.17, 15) is 9.59 Å². The number of piperidine rings is 1. The summed E-state index contributed by atoms with van der Waals surface area (Å²) in [5, 5.41) is 11.1. The average Bonchev–Trinajstić information content (AvgIpc) is 3.77. The van der Waals surface area contributed by atoms with Crippen LogP contribution in [-0.2, 0) is 30.2 Å². The highest BCUT2D eigenvalue weighted by Crippen LogP contribution is 2.43. The van der Waals surface area contributed by atoms with E-state index in [4.69, 9.17) is 28.7 Å². The third-order valence-electron chi connectivity index (χ3n) is 8.25. The van der Waals surface area contributed by atoms with Gasteiger partial charge >= 0.3 is 0 Å². The van der Waals surface area contributed by atoms with Crippen molar-refractivity contribution in [3.63, 3.8) is 0 Å². The van der Waals surface area contributed by atoms with Gasteiger partial charge in [-0.3, -0.25) is 14.2 Å². The van der Waals surface area contributed by atoms with Crippen LogP contribution >= 0.6 is 11.8 Å². The molecular formula is C28H38N8O6S. The molecule has 3 aliphatic rings. The highest BCUT2D eigenvalue weighted by Gasteiger charge is 2.51. The first-order chi connectivity index (χ1) is 21.2. The van der Waals surface area contributed by atoms with E-state index in [0.717, 1.165) is 49.7 Å². The number of rotatable bonds is 13. The number of nitrogens with zero attached hydrogens (tertiary/aromatic N) is 6. The lowest BCUT2D eigenvalue weighted by Crippen LogP contribution is -2.34. The third-order valence-corrected chi connectivity index (χ3v) is 9.30. The molecule has 0 aromatic carbocycles. The summed E-state index contributed by atoms with van der Waals surface area (Å²) in [5.74, 6) is 3.63. The molecule has 3 saturated heterocycles. The van der Waals surface area contributed by atoms with Gasteiger partial charge in [0.1, 0.15) is 0 Å². The maximum absolute atomic E-state index is 11.6. The molecule has 232 valence electrons. The predicted octanol–water partition coefficient (Wildman–Crippen LogP) is 2.94. The van der Waals surface area contributed by atoms with E-state index in [-0.39, 0.29) is 6.04 Å². The molecule has 43 heavy (non-hydrogen) atoms. The fraction of sp³-hybridized carbons (Fsp3) is 0.643. The Bertz CT molecular complexity index is 1370. The first-order valence-electron chi connectivity index (χ1n) is 15.0. The van der Waals surface area contributed by atoms with Gasteiger partial charge in [0.05, 0.1) is 12.0 Å². The lowest BCUT2D eigenvalue weighted by molar-refractivity contribution is -0.151. The van der Waals surface area contributed by atoms with Gasteiger partial charge in [-0.1, -0.05) is 18.5 Å². The quantitative estimate of drug-likeness (QED) is 0.271. The normalized spacial score (nSPS) is 25.0. The van der Waals surface area contributed by atoms with Gasteiger partial charge in [-0.15, -0.1) is 0 Å². The zero-order valence-electron chi connectivity index (χ0n) is 24.2. The van der Waals surface area contributed by atoms with E-state index in [2.05, 4.69) is 25.7 Å². The van der Waals surface area contributed by atoms with Crippen LogP contribution in [0.25, 0.3) is 11.2 Å². The second-order valence-corrected chi connectivity index (χ2v) is 12.2. The molecule has 0 unspecified atom stereocenters. The van der Waals surface area contributed by atoms with Crippen LogP contribution < -0.4 is 10.6 Å². The number of aryl methyl sites for hydroxylation is 1. The van der Waals surface area contributed by atoms with Gasteiger partial charge in [0.25, 0.3) is 12.9 Å². The molecule has 4 atom stereocenters. The number of imidazole rings is 1. The van der Waals surface area contributed by atoms with Crippen LogP contribution in [-0.4, -0.2) is 98.5 Å². The van der Waals surface area contributed by atoms with Crippen molar-refractivity contribution in [2.75, 3.05) is 48.3 Å². The van der Waals surface area contributed by atoms with Crippen molar-refractivity contribution in [1.82, 2.24) is 29.6 Å². The summed E-state index contributed by atoms with van der Waals surface area (Å²) in [6, 6.07) is 2.02. The summed E-state index contributed by atoms with van der Waals surface area (Å²) in [4.78, 5) is 39.9. The number of carbonyl (C=O) groups is 2. The molecule has 3 aliphatic heterocycles. The van der Waals surface area contributed by atoms with Crippen LogP contribution in [0.2, 0.25) is 0 Å². The fourth-order valence-electron chi connectivity index (χ4n) is 5.97. The number of ether oxygens (including phenoxy) is 3. The topological polar surface area (TPSA) is 159 Å². The number of likely N-dealkylation sites (tertiary alicyclic amines) is 1. The largest absolute Gasteiger partial charge is 0.457 e. The molecular weight excluding hydrogens is 576 g/mol. The molecule has 0 bridgehead atoms. The summed E-state index contributed by atoms with van der Waals surface area (Å²) in [5.41, 5.74) is 1.78. The molecule has 3 fully saturated rings. The molecule has 6 heterocycles. The van der Waals surface area contributed by atoms with E-state index < -0.39 is 24.5 Å². The van der Waals surface area contributed by atoms with Crippen molar-refractivity contribution in [2.24, 2.45) is 0 Å². The van der Waals surface area contributed by atoms with Gasteiger partial charge < -0.3 is 34.3 Å². The number of carbonyl (C=O) groups excluding carboxylic acids is 2. The van der Waals surface area contributed by atoms with Gasteiger partial charge in [-0.2, -0.15) is 21.7 Å². The molecule has 3 aromatic heterocycles. The number of nitrogens with one attached hydrogen (secondary N) is 2. The van der Waals surface area contributed by atoms with Crippen molar-refractivity contribution >= 4 is 47.6 Å². The Hall–Kier alpha value is -3.43. The van der Waals surface area contributed by atoms with Gasteiger partial charge in [0.2, 0.25) is 5.95 Å². The summed E-state index contributed by atoms with van der Waals surface area (Å²) < 4.78 is 24.5. The number of hydrogen-bond donors (Lipinski definition) is 2. The SMILES string of the molecule is CCc1cc([C@H]2O[C@@H](n3cnc4c(NC5CCSCC5)nc(NCCN5CCCCC5)nc43)[C@H](OC=O)[C@@H]2OC=O)on1. The first-order valence-corrected chi connectivity index (χ1v) is 16.2. The Morgan fingerprint density at radius 3 is 2.63 bits per heavy atom. The van der Waals surface area contributed by atoms with Gasteiger partial charge in [0.15, 0.2) is 47.3 Å². The molecule has 0 spiro atoms. The summed E-state index contributed by atoms with van der Waals surface area (Å²) in [6.07, 6.45) is 4.26. The van der Waals surface area contributed by atoms with Gasteiger partial charge in [-0.25, -0.2) is 4.98 Å². The zero-order valence-corrected chi connectivity index (χ0v) is 25.0. The molecule has 14 nitrogen and oxygen atoms in total. The maximum Gasteiger partial charge on any atom is 0.293 e. The van der Waals surface area contributed by atoms with Crippen molar-refractivity contribution in [3.8, 4) is 0 Å². The zero-order chi connectivity index (χ0) is 29.6. The highest BCUT2D eigenvalue weighted by molar-refractivity contribution is 7.99. The maximum atomic E-state index is 11.6. The van der Waals surface area contributed by atoms with Crippen LogP contribution in [0.15, 0.2) is 16.9 Å². The lowest BCUT2D eigenvalue weighted by atomic mass is 10.1. The Morgan fingerprint density at radius 1 is 1.09 bits per heavy atom. The second-order valence-electron chi connectivity index (χ2n) is 11.0. The minimum absolute atomic E-state index is 0.272. The molecule has 0 amide bonds. The predicted molar refractivity (Wildman–Crippen MR) is 159 cm³/mol. The second kappa shape index (κ2) is 13.9. The van der Waals surface area contributed by atoms with Crippen LogP contribution in [0, 0.1) is 0 Å². The third kappa shape index (κ3) is 6.58. The Balaban J connectivity index is 1.33. The Kier molecular flexibility index (Phi) is 9.58. The molecule has 0 saturated carbocycles. The fourth-order valence-corrected chi connectivity index (χ4v) is 7.08. The molecule has 0 aliphatic carbocycles. The molecule has 15 heteroatoms. The lowest BCUT2D eigenvalue weighted by Gasteiger charge is -2.26. The molecule has 2 N–H and O–H groups in total. The monoisotopic (exact) mass is 614 g/mol. The van der Waals surface area contributed by atoms with Crippen molar-refractivity contribution in [1.29, 1.82) is 0 Å². The van der Waals surface area contributed by atoms with Crippen molar-refractivity contribution in [3.05, 3.63) is 23.8 Å². The molecule has 3 aromatic rings. The standard InChI is InChI=1S/C28H38N8O6S/c1-2-18-14-20(42-34-18)22-23(39-16-37)24(40-17-38)27(41-22)36-15-30-21-25(31-19-6-12-43-13-7-19)32-28(33-26(21)36)29-8-11-35-9-4-3-5-10-35/h14-17,19,22-24,27H,2-13H2,1H3,(H2,29,31,32,33)/t22-,23-,24-,27-/m1/s1. The Labute approximate surface area is 253 Å². The summed E-state index contributed by atoms with van der Waals surface area (Å²) in [7, 11) is 0. The van der Waals surface area contributed by atoms with Gasteiger partial charge in [-0.05, 0) is 56.7 Å². The highest BCUT2D eigenvalue weighted by atomic mass is 32.2. The smallest absolute Gasteiger partial charge is 0.293 e. The summed E-state index contributed by atoms with van der Waals surface area (Å²) >= 11 is 1.95. The van der Waals surface area contributed by atoms with Gasteiger partial charge in [0, 0.05) is 25.2 Å².